The van der Waals surface area contributed by atoms with Gasteiger partial charge in [-0.25, -0.2) is 4.85 Å². The lowest BCUT2D eigenvalue weighted by molar-refractivity contribution is 1.03. The van der Waals surface area contributed by atoms with Crippen LogP contribution < -0.4 is 0 Å². The zero-order chi connectivity index (χ0) is 57.9. The molecule has 0 radical (unpaired) electrons. The van der Waals surface area contributed by atoms with Crippen molar-refractivity contribution in [2.24, 2.45) is 0 Å². The maximum Gasteiger partial charge on any atom is 0.237 e. The van der Waals surface area contributed by atoms with Crippen molar-refractivity contribution in [3.05, 3.63) is 296 Å². The summed E-state index contributed by atoms with van der Waals surface area (Å²) in [5.41, 5.74) is 16.9. The molecule has 0 aliphatic rings. The molecule has 0 saturated heterocycles. The Balaban J connectivity index is 1.11. The smallest absolute Gasteiger partial charge is 0.237 e. The average molecular weight is 1120 g/mol. The van der Waals surface area contributed by atoms with Gasteiger partial charge in [-0.15, -0.1) is 0 Å². The Morgan fingerprint density at radius 3 is 0.898 bits per heavy atom. The molecule has 0 aliphatic heterocycles. The second kappa shape index (κ2) is 18.1. The summed E-state index contributed by atoms with van der Waals surface area (Å²) in [4.78, 5) is 4.89. The number of nitrogens with zero attached hydrogens (tertiary/aromatic N) is 8. The predicted molar refractivity (Wildman–Crippen MR) is 363 cm³/mol. The molecule has 0 N–H and O–H groups in total. The highest BCUT2D eigenvalue weighted by molar-refractivity contribution is 6.29. The number of benzene rings is 13. The van der Waals surface area contributed by atoms with E-state index in [9.17, 15) is 11.8 Å². The topological polar surface area (TPSA) is 57.7 Å². The number of para-hydroxylation sites is 10. The molecule has 6 aromatic heterocycles. The van der Waals surface area contributed by atoms with Crippen LogP contribution in [0.5, 0.6) is 0 Å². The molecule has 0 fully saturated rings. The van der Waals surface area contributed by atoms with Gasteiger partial charge in [-0.05, 0) is 84.9 Å². The minimum absolute atomic E-state index is 0.336. The molecule has 0 amide bonds. The lowest BCUT2D eigenvalue weighted by atomic mass is 10.0. The third kappa shape index (κ3) is 6.24. The normalized spacial score (nSPS) is 12.1. The van der Waals surface area contributed by atoms with Gasteiger partial charge in [-0.3, -0.25) is 0 Å². The maximum atomic E-state index is 12.9. The minimum atomic E-state index is 0.336. The molecule has 0 atom stereocenters. The van der Waals surface area contributed by atoms with E-state index in [-0.39, 0.29) is 0 Å². The van der Waals surface area contributed by atoms with E-state index in [1.165, 1.54) is 0 Å². The fourth-order valence-corrected chi connectivity index (χ4v) is 15.3. The first kappa shape index (κ1) is 48.1. The molecule has 88 heavy (non-hydrogen) atoms. The number of nitriles is 1. The predicted octanol–water partition coefficient (Wildman–Crippen LogP) is 20.7. The van der Waals surface area contributed by atoms with E-state index >= 15 is 0 Å². The number of fused-ring (bicyclic) bond motifs is 20. The maximum absolute atomic E-state index is 12.9. The van der Waals surface area contributed by atoms with Crippen molar-refractivity contribution < 1.29 is 0 Å². The second-order valence-electron chi connectivity index (χ2n) is 22.9. The van der Waals surface area contributed by atoms with Crippen molar-refractivity contribution in [2.45, 2.75) is 0 Å². The third-order valence-corrected chi connectivity index (χ3v) is 18.6. The first-order valence-corrected chi connectivity index (χ1v) is 29.7. The molecule has 0 bridgehead atoms. The van der Waals surface area contributed by atoms with E-state index in [1.807, 2.05) is 0 Å². The zero-order valence-corrected chi connectivity index (χ0v) is 47.1. The molecule has 19 rings (SSSR count). The van der Waals surface area contributed by atoms with Gasteiger partial charge >= 0.3 is 0 Å². The van der Waals surface area contributed by atoms with Crippen molar-refractivity contribution in [3.63, 3.8) is 0 Å². The first-order chi connectivity index (χ1) is 43.7. The Kier molecular flexibility index (Phi) is 9.87. The van der Waals surface area contributed by atoms with E-state index < -0.39 is 0 Å². The van der Waals surface area contributed by atoms with Crippen molar-refractivity contribution in [1.29, 1.82) is 5.26 Å². The summed E-state index contributed by atoms with van der Waals surface area (Å²) in [7, 11) is 0. The minimum Gasteiger partial charge on any atom is -0.318 e. The Labute approximate surface area is 502 Å². The van der Waals surface area contributed by atoms with E-state index in [1.54, 1.807) is 0 Å². The van der Waals surface area contributed by atoms with Gasteiger partial charge in [0.05, 0.1) is 101 Å². The van der Waals surface area contributed by atoms with Crippen LogP contribution in [-0.2, 0) is 0 Å². The zero-order valence-electron chi connectivity index (χ0n) is 47.1. The second-order valence-corrected chi connectivity index (χ2v) is 22.9. The Morgan fingerprint density at radius 2 is 0.534 bits per heavy atom. The molecule has 0 spiro atoms. The van der Waals surface area contributed by atoms with Gasteiger partial charge in [0, 0.05) is 76.0 Å². The fourth-order valence-electron chi connectivity index (χ4n) is 15.3. The highest BCUT2D eigenvalue weighted by Gasteiger charge is 2.36. The lowest BCUT2D eigenvalue weighted by Crippen LogP contribution is -2.14. The average Bonchev–Trinajstić information content (AvgIpc) is 1.58. The van der Waals surface area contributed by atoms with Gasteiger partial charge in [0.25, 0.3) is 0 Å². The third-order valence-electron chi connectivity index (χ3n) is 18.6. The van der Waals surface area contributed by atoms with E-state index in [0.29, 0.717) is 34.0 Å². The van der Waals surface area contributed by atoms with E-state index in [2.05, 4.69) is 313 Å². The standard InChI is InChI=1S/C80H46N8/c1-82-74-77(85-64-38-18-8-28-51(64)52-29-9-19-39-65(52)85)61(48-81)78(87-68-42-22-14-34-59(68)72-70(87)46-44-57-55-32-12-16-36-62(55)83(75(57)72)49-24-4-2-5-25-49)80(86-66-40-20-10-30-53(66)54-31-11-21-41-67(54)86)79(74)88-69-43-23-15-35-60(69)73-71(88)47-45-58-56-33-13-17-37-63(56)84(76(58)73)50-26-6-3-7-27-50/h2-47H. The molecule has 406 valence electrons. The Bertz CT molecular complexity index is 5950. The molecular formula is C80H46N8. The number of hydrogen-bond acceptors (Lipinski definition) is 1. The number of rotatable bonds is 6. The van der Waals surface area contributed by atoms with E-state index in [0.717, 1.165) is 142 Å². The molecule has 8 heteroatoms. The van der Waals surface area contributed by atoms with Gasteiger partial charge in [-0.2, -0.15) is 5.26 Å². The van der Waals surface area contributed by atoms with Crippen LogP contribution in [0.1, 0.15) is 5.56 Å². The monoisotopic (exact) mass is 1120 g/mol. The van der Waals surface area contributed by atoms with Crippen molar-refractivity contribution >= 4 is 137 Å². The molecule has 6 heterocycles. The molecule has 13 aromatic carbocycles. The molecule has 8 nitrogen and oxygen atoms in total. The molecule has 0 saturated carbocycles. The summed E-state index contributed by atoms with van der Waals surface area (Å²) in [5, 5.41) is 25.8. The van der Waals surface area contributed by atoms with Crippen LogP contribution in [-0.4, -0.2) is 27.4 Å². The quantitative estimate of drug-likeness (QED) is 0.153. The van der Waals surface area contributed by atoms with Crippen LogP contribution in [0.2, 0.25) is 0 Å². The van der Waals surface area contributed by atoms with Gasteiger partial charge in [0.1, 0.15) is 6.07 Å². The molecule has 0 unspecified atom stereocenters. The number of aromatic nitrogens is 6. The van der Waals surface area contributed by atoms with Crippen LogP contribution in [0.25, 0.3) is 170 Å². The first-order valence-electron chi connectivity index (χ1n) is 29.7. The van der Waals surface area contributed by atoms with Crippen LogP contribution in [0, 0.1) is 17.9 Å². The summed E-state index contributed by atoms with van der Waals surface area (Å²) in [6, 6.07) is 102. The van der Waals surface area contributed by atoms with E-state index in [4.69, 9.17) is 4.85 Å². The highest BCUT2D eigenvalue weighted by Crippen LogP contribution is 2.54. The van der Waals surface area contributed by atoms with Crippen LogP contribution in [0.15, 0.2) is 279 Å². The van der Waals surface area contributed by atoms with Gasteiger partial charge in [0.15, 0.2) is 0 Å². The number of hydrogen-bond donors (Lipinski definition) is 0. The lowest BCUT2D eigenvalue weighted by Gasteiger charge is -2.27. The Morgan fingerprint density at radius 1 is 0.250 bits per heavy atom. The van der Waals surface area contributed by atoms with Gasteiger partial charge in [-0.1, -0.05) is 194 Å². The van der Waals surface area contributed by atoms with Crippen molar-refractivity contribution in [1.82, 2.24) is 27.4 Å². The fraction of sp³-hybridized carbons (Fsp3) is 0. The molecule has 0 aliphatic carbocycles. The summed E-state index contributed by atoms with van der Waals surface area (Å²) >= 11 is 0. The Hall–Kier alpha value is -12.4. The highest BCUT2D eigenvalue weighted by atomic mass is 15.1. The summed E-state index contributed by atoms with van der Waals surface area (Å²) in [6.07, 6.45) is 0. The van der Waals surface area contributed by atoms with Crippen molar-refractivity contribution in [2.75, 3.05) is 0 Å². The largest absolute Gasteiger partial charge is 0.318 e. The summed E-state index contributed by atoms with van der Waals surface area (Å²) < 4.78 is 14.1. The molecular weight excluding hydrogens is 1070 g/mol. The molecule has 19 aromatic rings. The van der Waals surface area contributed by atoms with Crippen LogP contribution in [0.3, 0.4) is 0 Å². The SMILES string of the molecule is [C-]#[N+]c1c(-n2c3ccccc3c3ccccc32)c(C#N)c(-n2c3ccccc3c3c2ccc2c4ccccc4n(-c4ccccc4)c23)c(-n2c3ccccc3c3ccccc32)c1-n1c2ccccc2c2c1ccc1c3ccccc3n(-c3ccccc3)c12. The van der Waals surface area contributed by atoms with Crippen LogP contribution >= 0.6 is 0 Å². The summed E-state index contributed by atoms with van der Waals surface area (Å²) in [6.45, 7) is 10.1. The summed E-state index contributed by atoms with van der Waals surface area (Å²) in [5.74, 6) is 0. The van der Waals surface area contributed by atoms with Gasteiger partial charge in [0.2, 0.25) is 5.69 Å². The van der Waals surface area contributed by atoms with Crippen molar-refractivity contribution in [3.8, 4) is 40.2 Å². The van der Waals surface area contributed by atoms with Crippen LogP contribution in [0.4, 0.5) is 5.69 Å². The van der Waals surface area contributed by atoms with Gasteiger partial charge < -0.3 is 27.4 Å².